The molecule has 1 rings (SSSR count). The third-order valence-electron chi connectivity index (χ3n) is 2.66. The summed E-state index contributed by atoms with van der Waals surface area (Å²) in [5, 5.41) is 3.29. The molecule has 0 aliphatic carbocycles. The molecule has 0 heterocycles. The lowest BCUT2D eigenvalue weighted by atomic mass is 10.1. The average molecular weight is 255 g/mol. The van der Waals surface area contributed by atoms with Crippen molar-refractivity contribution >= 4 is 9.84 Å². The predicted molar refractivity (Wildman–Crippen MR) is 71.9 cm³/mol. The Hall–Kier alpha value is -0.870. The molecule has 1 aromatic carbocycles. The van der Waals surface area contributed by atoms with Crippen molar-refractivity contribution in [1.82, 2.24) is 5.32 Å². The molecular formula is C13H21NO2S. The van der Waals surface area contributed by atoms with Crippen LogP contribution in [0.1, 0.15) is 31.0 Å². The van der Waals surface area contributed by atoms with Crippen LogP contribution in [0.2, 0.25) is 0 Å². The maximum atomic E-state index is 11.2. The summed E-state index contributed by atoms with van der Waals surface area (Å²) < 4.78 is 22.3. The first-order valence-electron chi connectivity index (χ1n) is 5.78. The van der Waals surface area contributed by atoms with Crippen LogP contribution in [0.4, 0.5) is 0 Å². The minimum Gasteiger partial charge on any atom is -0.307 e. The Morgan fingerprint density at radius 1 is 1.18 bits per heavy atom. The van der Waals surface area contributed by atoms with Crippen molar-refractivity contribution in [2.45, 2.75) is 32.9 Å². The van der Waals surface area contributed by atoms with Crippen LogP contribution in [0.15, 0.2) is 24.3 Å². The van der Waals surface area contributed by atoms with E-state index < -0.39 is 9.84 Å². The molecule has 3 nitrogen and oxygen atoms in total. The Kier molecular flexibility index (Phi) is 4.71. The van der Waals surface area contributed by atoms with Crippen molar-refractivity contribution in [2.75, 3.05) is 12.0 Å². The van der Waals surface area contributed by atoms with Gasteiger partial charge in [0, 0.05) is 18.3 Å². The molecule has 0 spiro atoms. The lowest BCUT2D eigenvalue weighted by Crippen LogP contribution is -2.34. The fourth-order valence-electron chi connectivity index (χ4n) is 1.88. The van der Waals surface area contributed by atoms with Crippen LogP contribution < -0.4 is 5.32 Å². The highest BCUT2D eigenvalue weighted by atomic mass is 32.2. The van der Waals surface area contributed by atoms with Gasteiger partial charge in [-0.15, -0.1) is 0 Å². The molecule has 1 N–H and O–H groups in total. The molecule has 0 amide bonds. The number of hydrogen-bond donors (Lipinski definition) is 1. The van der Waals surface area contributed by atoms with Gasteiger partial charge >= 0.3 is 0 Å². The highest BCUT2D eigenvalue weighted by Crippen LogP contribution is 2.13. The monoisotopic (exact) mass is 255 g/mol. The summed E-state index contributed by atoms with van der Waals surface area (Å²) in [7, 11) is -2.92. The van der Waals surface area contributed by atoms with Crippen molar-refractivity contribution in [3.63, 3.8) is 0 Å². The SMILES string of the molecule is Cc1ccc([C@H](C)NC(C)CS(C)(=O)=O)cc1. The molecule has 0 aliphatic heterocycles. The third kappa shape index (κ3) is 5.33. The van der Waals surface area contributed by atoms with Gasteiger partial charge in [-0.25, -0.2) is 8.42 Å². The second-order valence-corrected chi connectivity index (χ2v) is 6.98. The first-order chi connectivity index (χ1) is 7.78. The van der Waals surface area contributed by atoms with Crippen molar-refractivity contribution in [1.29, 1.82) is 0 Å². The maximum Gasteiger partial charge on any atom is 0.148 e. The third-order valence-corrected chi connectivity index (χ3v) is 3.77. The van der Waals surface area contributed by atoms with Crippen LogP contribution in [-0.2, 0) is 9.84 Å². The molecule has 17 heavy (non-hydrogen) atoms. The number of hydrogen-bond acceptors (Lipinski definition) is 3. The van der Waals surface area contributed by atoms with Gasteiger partial charge in [-0.1, -0.05) is 29.8 Å². The van der Waals surface area contributed by atoms with Gasteiger partial charge in [-0.3, -0.25) is 0 Å². The van der Waals surface area contributed by atoms with Crippen LogP contribution in [0.5, 0.6) is 0 Å². The fourth-order valence-corrected chi connectivity index (χ4v) is 2.88. The van der Waals surface area contributed by atoms with Crippen LogP contribution in [-0.4, -0.2) is 26.5 Å². The lowest BCUT2D eigenvalue weighted by molar-refractivity contribution is 0.500. The first kappa shape index (κ1) is 14.2. The van der Waals surface area contributed by atoms with E-state index in [4.69, 9.17) is 0 Å². The normalized spacial score (nSPS) is 15.5. The molecule has 2 atom stereocenters. The van der Waals surface area contributed by atoms with E-state index in [0.29, 0.717) is 0 Å². The van der Waals surface area contributed by atoms with E-state index in [9.17, 15) is 8.42 Å². The second-order valence-electron chi connectivity index (χ2n) is 4.79. The van der Waals surface area contributed by atoms with Crippen LogP contribution in [0, 0.1) is 6.92 Å². The van der Waals surface area contributed by atoms with E-state index in [1.165, 1.54) is 17.4 Å². The molecule has 4 heteroatoms. The standard InChI is InChI=1S/C13H21NO2S/c1-10-5-7-13(8-6-10)12(3)14-11(2)9-17(4,15)16/h5-8,11-12,14H,9H2,1-4H3/t11?,12-/m0/s1. The molecule has 1 unspecified atom stereocenters. The van der Waals surface area contributed by atoms with Gasteiger partial charge in [-0.2, -0.15) is 0 Å². The molecule has 0 saturated heterocycles. The van der Waals surface area contributed by atoms with E-state index in [1.54, 1.807) is 0 Å². The summed E-state index contributed by atoms with van der Waals surface area (Å²) in [6.07, 6.45) is 1.27. The zero-order valence-electron chi connectivity index (χ0n) is 10.9. The number of rotatable bonds is 5. The number of benzene rings is 1. The first-order valence-corrected chi connectivity index (χ1v) is 7.84. The van der Waals surface area contributed by atoms with Gasteiger partial charge < -0.3 is 5.32 Å². The minimum atomic E-state index is -2.92. The van der Waals surface area contributed by atoms with E-state index in [2.05, 4.69) is 29.6 Å². The van der Waals surface area contributed by atoms with Crippen LogP contribution in [0.3, 0.4) is 0 Å². The van der Waals surface area contributed by atoms with Crippen LogP contribution in [0.25, 0.3) is 0 Å². The molecule has 0 aliphatic rings. The number of nitrogens with one attached hydrogen (secondary N) is 1. The Labute approximate surface area is 104 Å². The van der Waals surface area contributed by atoms with Gasteiger partial charge in [0.25, 0.3) is 0 Å². The van der Waals surface area contributed by atoms with Crippen molar-refractivity contribution < 1.29 is 8.42 Å². The zero-order chi connectivity index (χ0) is 13.1. The highest BCUT2D eigenvalue weighted by Gasteiger charge is 2.13. The van der Waals surface area contributed by atoms with Gasteiger partial charge in [0.2, 0.25) is 0 Å². The topological polar surface area (TPSA) is 46.2 Å². The summed E-state index contributed by atoms with van der Waals surface area (Å²) in [5.74, 6) is 0.170. The quantitative estimate of drug-likeness (QED) is 0.876. The number of sulfone groups is 1. The zero-order valence-corrected chi connectivity index (χ0v) is 11.7. The van der Waals surface area contributed by atoms with E-state index in [-0.39, 0.29) is 17.8 Å². The van der Waals surface area contributed by atoms with Gasteiger partial charge in [0.05, 0.1) is 5.75 Å². The Bertz CT molecular complexity index is 451. The van der Waals surface area contributed by atoms with E-state index in [1.807, 2.05) is 20.8 Å². The molecule has 0 aromatic heterocycles. The van der Waals surface area contributed by atoms with E-state index >= 15 is 0 Å². The summed E-state index contributed by atoms with van der Waals surface area (Å²) in [4.78, 5) is 0. The summed E-state index contributed by atoms with van der Waals surface area (Å²) in [6, 6.07) is 8.39. The highest BCUT2D eigenvalue weighted by molar-refractivity contribution is 7.90. The Morgan fingerprint density at radius 2 is 1.71 bits per heavy atom. The number of aryl methyl sites for hydroxylation is 1. The molecule has 0 fully saturated rings. The van der Waals surface area contributed by atoms with Crippen molar-refractivity contribution in [2.24, 2.45) is 0 Å². The van der Waals surface area contributed by atoms with Gasteiger partial charge in [0.1, 0.15) is 9.84 Å². The Balaban J connectivity index is 2.60. The van der Waals surface area contributed by atoms with Crippen LogP contribution >= 0.6 is 0 Å². The second kappa shape index (κ2) is 5.65. The van der Waals surface area contributed by atoms with E-state index in [0.717, 1.165) is 0 Å². The summed E-state index contributed by atoms with van der Waals surface area (Å²) in [5.41, 5.74) is 2.40. The fraction of sp³-hybridized carbons (Fsp3) is 0.538. The lowest BCUT2D eigenvalue weighted by Gasteiger charge is -2.19. The molecular weight excluding hydrogens is 234 g/mol. The largest absolute Gasteiger partial charge is 0.307 e. The van der Waals surface area contributed by atoms with Crippen molar-refractivity contribution in [3.8, 4) is 0 Å². The van der Waals surface area contributed by atoms with Crippen molar-refractivity contribution in [3.05, 3.63) is 35.4 Å². The average Bonchev–Trinajstić information content (AvgIpc) is 2.15. The van der Waals surface area contributed by atoms with Gasteiger partial charge in [-0.05, 0) is 26.3 Å². The predicted octanol–water partition coefficient (Wildman–Crippen LogP) is 2.08. The molecule has 1 aromatic rings. The molecule has 0 bridgehead atoms. The van der Waals surface area contributed by atoms with Gasteiger partial charge in [0.15, 0.2) is 0 Å². The molecule has 0 radical (unpaired) electrons. The molecule has 0 saturated carbocycles. The molecule has 96 valence electrons. The summed E-state index contributed by atoms with van der Waals surface area (Å²) in [6.45, 7) is 5.99. The Morgan fingerprint density at radius 3 is 2.18 bits per heavy atom. The maximum absolute atomic E-state index is 11.2. The minimum absolute atomic E-state index is 0.0405. The summed E-state index contributed by atoms with van der Waals surface area (Å²) >= 11 is 0. The smallest absolute Gasteiger partial charge is 0.148 e.